The maximum atomic E-state index is 10.6. The number of halogens is 2. The maximum absolute atomic E-state index is 10.6. The van der Waals surface area contributed by atoms with Crippen LogP contribution >= 0.6 is 23.2 Å². The Morgan fingerprint density at radius 1 is 1.27 bits per heavy atom. The molecule has 0 radical (unpaired) electrons. The summed E-state index contributed by atoms with van der Waals surface area (Å²) in [7, 11) is 0. The number of rotatable bonds is 2. The molecular formula is C8H6Cl2O. The first-order valence-corrected chi connectivity index (χ1v) is 3.91. The van der Waals surface area contributed by atoms with Crippen LogP contribution in [0.1, 0.15) is 10.9 Å². The van der Waals surface area contributed by atoms with Crippen LogP contribution in [0.5, 0.6) is 0 Å². The first kappa shape index (κ1) is 8.57. The standard InChI is InChI=1S/C8H6Cl2O/c9-7(8(10)11)6-4-2-1-3-5-6/h1-5,7H/t7-/m0/s1. The zero-order valence-electron chi connectivity index (χ0n) is 5.63. The highest BCUT2D eigenvalue weighted by Crippen LogP contribution is 2.22. The Kier molecular flexibility index (Phi) is 2.92. The van der Waals surface area contributed by atoms with Gasteiger partial charge in [-0.3, -0.25) is 4.79 Å². The highest BCUT2D eigenvalue weighted by molar-refractivity contribution is 6.68. The lowest BCUT2D eigenvalue weighted by molar-refractivity contribution is -0.111. The average molecular weight is 189 g/mol. The Morgan fingerprint density at radius 3 is 2.27 bits per heavy atom. The zero-order valence-corrected chi connectivity index (χ0v) is 7.14. The summed E-state index contributed by atoms with van der Waals surface area (Å²) >= 11 is 10.9. The minimum Gasteiger partial charge on any atom is -0.279 e. The van der Waals surface area contributed by atoms with Gasteiger partial charge in [0.25, 0.3) is 0 Å². The summed E-state index contributed by atoms with van der Waals surface area (Å²) in [6, 6.07) is 9.00. The van der Waals surface area contributed by atoms with E-state index in [-0.39, 0.29) is 0 Å². The number of benzene rings is 1. The Balaban J connectivity index is 2.85. The fourth-order valence-electron chi connectivity index (χ4n) is 0.753. The van der Waals surface area contributed by atoms with Crippen LogP contribution in [-0.2, 0) is 4.79 Å². The molecule has 0 heterocycles. The third kappa shape index (κ3) is 2.21. The van der Waals surface area contributed by atoms with E-state index in [0.29, 0.717) is 0 Å². The fraction of sp³-hybridized carbons (Fsp3) is 0.125. The monoisotopic (exact) mass is 188 g/mol. The van der Waals surface area contributed by atoms with E-state index in [1.807, 2.05) is 18.2 Å². The van der Waals surface area contributed by atoms with Gasteiger partial charge in [0.05, 0.1) is 0 Å². The second kappa shape index (κ2) is 3.74. The van der Waals surface area contributed by atoms with Crippen LogP contribution in [0.25, 0.3) is 0 Å². The van der Waals surface area contributed by atoms with Gasteiger partial charge in [-0.25, -0.2) is 0 Å². The van der Waals surface area contributed by atoms with Crippen molar-refractivity contribution in [3.8, 4) is 0 Å². The lowest BCUT2D eigenvalue weighted by Gasteiger charge is -2.01. The molecule has 0 spiro atoms. The van der Waals surface area contributed by atoms with Gasteiger partial charge >= 0.3 is 0 Å². The molecule has 1 nitrogen and oxygen atoms in total. The van der Waals surface area contributed by atoms with Gasteiger partial charge in [-0.1, -0.05) is 30.3 Å². The first-order valence-electron chi connectivity index (χ1n) is 3.10. The van der Waals surface area contributed by atoms with E-state index in [1.54, 1.807) is 12.1 Å². The van der Waals surface area contributed by atoms with Crippen LogP contribution in [0.15, 0.2) is 30.3 Å². The summed E-state index contributed by atoms with van der Waals surface area (Å²) < 4.78 is 0. The first-order chi connectivity index (χ1) is 5.22. The highest BCUT2D eigenvalue weighted by Gasteiger charge is 2.13. The molecule has 0 aliphatic carbocycles. The van der Waals surface area contributed by atoms with E-state index in [4.69, 9.17) is 23.2 Å². The van der Waals surface area contributed by atoms with Crippen LogP contribution in [0, 0.1) is 0 Å². The molecule has 0 aromatic heterocycles. The smallest absolute Gasteiger partial charge is 0.244 e. The van der Waals surface area contributed by atoms with Gasteiger partial charge in [0, 0.05) is 0 Å². The Hall–Kier alpha value is -0.530. The molecule has 0 bridgehead atoms. The van der Waals surface area contributed by atoms with Crippen molar-refractivity contribution in [2.75, 3.05) is 0 Å². The van der Waals surface area contributed by atoms with Crippen molar-refractivity contribution in [1.29, 1.82) is 0 Å². The van der Waals surface area contributed by atoms with Gasteiger partial charge in [-0.05, 0) is 17.2 Å². The van der Waals surface area contributed by atoms with Gasteiger partial charge in [0.1, 0.15) is 5.38 Å². The Morgan fingerprint density at radius 2 is 1.82 bits per heavy atom. The molecule has 0 N–H and O–H groups in total. The number of hydrogen-bond acceptors (Lipinski definition) is 1. The SMILES string of the molecule is O=C(Cl)[C@@H](Cl)c1ccccc1. The molecule has 3 heteroatoms. The van der Waals surface area contributed by atoms with Crippen molar-refractivity contribution in [2.24, 2.45) is 0 Å². The molecule has 0 fully saturated rings. The third-order valence-electron chi connectivity index (χ3n) is 1.29. The molecule has 0 saturated carbocycles. The molecule has 58 valence electrons. The number of carbonyl (C=O) groups excluding carboxylic acids is 1. The van der Waals surface area contributed by atoms with Crippen LogP contribution in [0.3, 0.4) is 0 Å². The Labute approximate surface area is 74.9 Å². The summed E-state index contributed by atoms with van der Waals surface area (Å²) in [5, 5.41) is -1.27. The van der Waals surface area contributed by atoms with E-state index in [0.717, 1.165) is 5.56 Å². The van der Waals surface area contributed by atoms with E-state index < -0.39 is 10.6 Å². The van der Waals surface area contributed by atoms with Gasteiger partial charge in [-0.2, -0.15) is 0 Å². The van der Waals surface area contributed by atoms with E-state index >= 15 is 0 Å². The van der Waals surface area contributed by atoms with Crippen molar-refractivity contribution in [2.45, 2.75) is 5.38 Å². The van der Waals surface area contributed by atoms with E-state index in [1.165, 1.54) is 0 Å². The third-order valence-corrected chi connectivity index (χ3v) is 2.07. The second-order valence-corrected chi connectivity index (χ2v) is 2.89. The number of carbonyl (C=O) groups is 1. The molecule has 1 aromatic rings. The molecular weight excluding hydrogens is 183 g/mol. The van der Waals surface area contributed by atoms with Crippen molar-refractivity contribution in [3.63, 3.8) is 0 Å². The Bertz CT molecular complexity index is 246. The number of hydrogen-bond donors (Lipinski definition) is 0. The van der Waals surface area contributed by atoms with Gasteiger partial charge in [0.2, 0.25) is 5.24 Å². The van der Waals surface area contributed by atoms with Crippen molar-refractivity contribution >= 4 is 28.4 Å². The summed E-state index contributed by atoms with van der Waals surface area (Å²) in [6.45, 7) is 0. The van der Waals surface area contributed by atoms with Gasteiger partial charge in [0.15, 0.2) is 0 Å². The van der Waals surface area contributed by atoms with Gasteiger partial charge < -0.3 is 0 Å². The molecule has 0 amide bonds. The quantitative estimate of drug-likeness (QED) is 0.516. The highest BCUT2D eigenvalue weighted by atomic mass is 35.5. The van der Waals surface area contributed by atoms with Crippen LogP contribution in [0.2, 0.25) is 0 Å². The largest absolute Gasteiger partial charge is 0.279 e. The summed E-state index contributed by atoms with van der Waals surface area (Å²) in [4.78, 5) is 10.6. The summed E-state index contributed by atoms with van der Waals surface area (Å²) in [6.07, 6.45) is 0. The van der Waals surface area contributed by atoms with Crippen molar-refractivity contribution in [3.05, 3.63) is 35.9 Å². The summed E-state index contributed by atoms with van der Waals surface area (Å²) in [5.41, 5.74) is 0.731. The molecule has 1 atom stereocenters. The fourth-order valence-corrected chi connectivity index (χ4v) is 1.02. The summed E-state index contributed by atoms with van der Waals surface area (Å²) in [5.74, 6) is 0. The minimum absolute atomic E-state index is 0.544. The van der Waals surface area contributed by atoms with Crippen LogP contribution in [0.4, 0.5) is 0 Å². The average Bonchev–Trinajstić information content (AvgIpc) is 2.05. The maximum Gasteiger partial charge on any atom is 0.244 e. The molecule has 1 rings (SSSR count). The molecule has 0 unspecified atom stereocenters. The molecule has 0 saturated heterocycles. The predicted molar refractivity (Wildman–Crippen MR) is 45.9 cm³/mol. The lowest BCUT2D eigenvalue weighted by Crippen LogP contribution is -1.97. The topological polar surface area (TPSA) is 17.1 Å². The minimum atomic E-state index is -0.724. The second-order valence-electron chi connectivity index (χ2n) is 2.08. The molecule has 0 aliphatic heterocycles. The lowest BCUT2D eigenvalue weighted by atomic mass is 10.2. The molecule has 1 aromatic carbocycles. The number of alkyl halides is 1. The zero-order chi connectivity index (χ0) is 8.27. The van der Waals surface area contributed by atoms with E-state index in [9.17, 15) is 4.79 Å². The molecule has 11 heavy (non-hydrogen) atoms. The van der Waals surface area contributed by atoms with Crippen molar-refractivity contribution < 1.29 is 4.79 Å². The van der Waals surface area contributed by atoms with Gasteiger partial charge in [-0.15, -0.1) is 11.6 Å². The predicted octanol–water partition coefficient (Wildman–Crippen LogP) is 2.73. The van der Waals surface area contributed by atoms with E-state index in [2.05, 4.69) is 0 Å². The normalized spacial score (nSPS) is 12.5. The molecule has 0 aliphatic rings. The van der Waals surface area contributed by atoms with Crippen LogP contribution < -0.4 is 0 Å². The van der Waals surface area contributed by atoms with Crippen molar-refractivity contribution in [1.82, 2.24) is 0 Å². The van der Waals surface area contributed by atoms with Crippen LogP contribution in [-0.4, -0.2) is 5.24 Å².